The molecular weight excluding hydrogens is 244 g/mol. The Balaban J connectivity index is 2.27. The molecule has 0 radical (unpaired) electrons. The van der Waals surface area contributed by atoms with Gasteiger partial charge in [-0.2, -0.15) is 0 Å². The van der Waals surface area contributed by atoms with Gasteiger partial charge in [-0.25, -0.2) is 9.97 Å². The van der Waals surface area contributed by atoms with Crippen molar-refractivity contribution in [3.8, 4) is 0 Å². The van der Waals surface area contributed by atoms with Crippen molar-refractivity contribution < 1.29 is 9.47 Å². The largest absolute Gasteiger partial charge is 0.384 e. The van der Waals surface area contributed by atoms with E-state index >= 15 is 0 Å². The lowest BCUT2D eigenvalue weighted by atomic mass is 10.1. The first-order valence-electron chi connectivity index (χ1n) is 6.64. The molecule has 2 atom stereocenters. The molecule has 1 aromatic rings. The second-order valence-electron chi connectivity index (χ2n) is 4.86. The molecule has 0 bridgehead atoms. The Morgan fingerprint density at radius 1 is 1.53 bits per heavy atom. The summed E-state index contributed by atoms with van der Waals surface area (Å²) in [6.45, 7) is 6.13. The number of methoxy groups -OCH3 is 1. The maximum atomic E-state index is 5.85. The van der Waals surface area contributed by atoms with Gasteiger partial charge >= 0.3 is 0 Å². The summed E-state index contributed by atoms with van der Waals surface area (Å²) in [5.41, 5.74) is 5.85. The van der Waals surface area contributed by atoms with Crippen LogP contribution in [0, 0.1) is 0 Å². The van der Waals surface area contributed by atoms with Crippen LogP contribution < -0.4 is 10.6 Å². The lowest BCUT2D eigenvalue weighted by Gasteiger charge is -2.39. The summed E-state index contributed by atoms with van der Waals surface area (Å²) in [6.07, 6.45) is 1.21. The summed E-state index contributed by atoms with van der Waals surface area (Å²) in [5.74, 6) is 1.96. The van der Waals surface area contributed by atoms with Crippen LogP contribution in [0.3, 0.4) is 0 Å². The third-order valence-electron chi connectivity index (χ3n) is 3.29. The molecule has 1 aromatic heterocycles. The maximum Gasteiger partial charge on any atom is 0.158 e. The van der Waals surface area contributed by atoms with Gasteiger partial charge in [0, 0.05) is 19.7 Å². The molecule has 1 fully saturated rings. The smallest absolute Gasteiger partial charge is 0.158 e. The van der Waals surface area contributed by atoms with Gasteiger partial charge in [0.1, 0.15) is 18.2 Å². The van der Waals surface area contributed by atoms with E-state index in [1.807, 2.05) is 6.07 Å². The van der Waals surface area contributed by atoms with Gasteiger partial charge in [0.2, 0.25) is 0 Å². The third kappa shape index (κ3) is 3.33. The molecule has 0 spiro atoms. The number of morpholine rings is 1. The Bertz CT molecular complexity index is 427. The van der Waals surface area contributed by atoms with E-state index in [-0.39, 0.29) is 6.10 Å². The van der Waals surface area contributed by atoms with E-state index in [4.69, 9.17) is 15.2 Å². The molecule has 6 heteroatoms. The number of anilines is 2. The number of nitrogens with two attached hydrogens (primary N) is 1. The summed E-state index contributed by atoms with van der Waals surface area (Å²) in [5, 5.41) is 0. The van der Waals surface area contributed by atoms with Gasteiger partial charge < -0.3 is 20.1 Å². The average molecular weight is 266 g/mol. The van der Waals surface area contributed by atoms with Gasteiger partial charge in [-0.3, -0.25) is 0 Å². The van der Waals surface area contributed by atoms with Gasteiger partial charge in [-0.15, -0.1) is 0 Å². The summed E-state index contributed by atoms with van der Waals surface area (Å²) >= 11 is 0. The van der Waals surface area contributed by atoms with Crippen molar-refractivity contribution in [1.29, 1.82) is 0 Å². The standard InChI is InChI=1S/C13H22N4O2/c1-4-10-7-19-9(2)6-17(10)13-5-11(14)15-12(16-13)8-18-3/h5,9-10H,4,6-8H2,1-3H3,(H2,14,15,16). The molecule has 0 saturated carbocycles. The van der Waals surface area contributed by atoms with Crippen molar-refractivity contribution in [1.82, 2.24) is 9.97 Å². The zero-order chi connectivity index (χ0) is 13.8. The normalized spacial score (nSPS) is 23.6. The first kappa shape index (κ1) is 14.0. The lowest BCUT2D eigenvalue weighted by molar-refractivity contribution is 0.0295. The predicted molar refractivity (Wildman–Crippen MR) is 74.0 cm³/mol. The number of hydrogen-bond acceptors (Lipinski definition) is 6. The van der Waals surface area contributed by atoms with Crippen molar-refractivity contribution in [3.05, 3.63) is 11.9 Å². The van der Waals surface area contributed by atoms with E-state index in [0.717, 1.165) is 25.4 Å². The number of hydrogen-bond donors (Lipinski definition) is 1. The van der Waals surface area contributed by atoms with E-state index in [0.29, 0.717) is 24.3 Å². The molecule has 6 nitrogen and oxygen atoms in total. The van der Waals surface area contributed by atoms with Crippen LogP contribution >= 0.6 is 0 Å². The zero-order valence-electron chi connectivity index (χ0n) is 11.8. The van der Waals surface area contributed by atoms with Crippen LogP contribution in [0.2, 0.25) is 0 Å². The minimum absolute atomic E-state index is 0.199. The number of rotatable bonds is 4. The third-order valence-corrected chi connectivity index (χ3v) is 3.29. The maximum absolute atomic E-state index is 5.85. The first-order valence-corrected chi connectivity index (χ1v) is 6.64. The second kappa shape index (κ2) is 6.16. The highest BCUT2D eigenvalue weighted by Gasteiger charge is 2.27. The number of nitrogens with zero attached hydrogens (tertiary/aromatic N) is 3. The Morgan fingerprint density at radius 2 is 2.32 bits per heavy atom. The van der Waals surface area contributed by atoms with Gasteiger partial charge in [0.15, 0.2) is 5.82 Å². The zero-order valence-corrected chi connectivity index (χ0v) is 11.8. The Kier molecular flexibility index (Phi) is 4.55. The molecule has 0 amide bonds. The fraction of sp³-hybridized carbons (Fsp3) is 0.692. The van der Waals surface area contributed by atoms with Crippen LogP contribution in [-0.2, 0) is 16.1 Å². The van der Waals surface area contributed by atoms with Crippen molar-refractivity contribution in [2.75, 3.05) is 30.9 Å². The van der Waals surface area contributed by atoms with E-state index in [1.165, 1.54) is 0 Å². The summed E-state index contributed by atoms with van der Waals surface area (Å²) in [7, 11) is 1.62. The highest BCUT2D eigenvalue weighted by atomic mass is 16.5. The minimum Gasteiger partial charge on any atom is -0.384 e. The average Bonchev–Trinajstić information content (AvgIpc) is 2.38. The van der Waals surface area contributed by atoms with Gasteiger partial charge in [-0.05, 0) is 13.3 Å². The molecular formula is C13H22N4O2. The van der Waals surface area contributed by atoms with Crippen molar-refractivity contribution >= 4 is 11.6 Å². The molecule has 0 aliphatic carbocycles. The molecule has 2 N–H and O–H groups in total. The first-order chi connectivity index (χ1) is 9.13. The molecule has 1 aliphatic rings. The number of aromatic nitrogens is 2. The Morgan fingerprint density at radius 3 is 3.00 bits per heavy atom. The lowest BCUT2D eigenvalue weighted by Crippen LogP contribution is -2.49. The monoisotopic (exact) mass is 266 g/mol. The quantitative estimate of drug-likeness (QED) is 0.883. The molecule has 2 heterocycles. The van der Waals surface area contributed by atoms with E-state index < -0.39 is 0 Å². The van der Waals surface area contributed by atoms with E-state index in [9.17, 15) is 0 Å². The fourth-order valence-corrected chi connectivity index (χ4v) is 2.31. The fourth-order valence-electron chi connectivity index (χ4n) is 2.31. The van der Waals surface area contributed by atoms with Crippen molar-refractivity contribution in [2.45, 2.75) is 39.0 Å². The molecule has 2 unspecified atom stereocenters. The van der Waals surface area contributed by atoms with Crippen molar-refractivity contribution in [3.63, 3.8) is 0 Å². The molecule has 2 rings (SSSR count). The summed E-state index contributed by atoms with van der Waals surface area (Å²) < 4.78 is 10.8. The summed E-state index contributed by atoms with van der Waals surface area (Å²) in [4.78, 5) is 11.0. The topological polar surface area (TPSA) is 73.5 Å². The SMILES string of the molecule is CCC1COC(C)CN1c1cc(N)nc(COC)n1. The van der Waals surface area contributed by atoms with Crippen LogP contribution in [0.4, 0.5) is 11.6 Å². The summed E-state index contributed by atoms with van der Waals surface area (Å²) in [6, 6.07) is 2.15. The Labute approximate surface area is 113 Å². The highest BCUT2D eigenvalue weighted by molar-refractivity contribution is 5.48. The number of nitrogen functional groups attached to an aromatic ring is 1. The number of ether oxygens (including phenoxy) is 2. The van der Waals surface area contributed by atoms with Crippen LogP contribution in [0.25, 0.3) is 0 Å². The van der Waals surface area contributed by atoms with Crippen LogP contribution in [0.15, 0.2) is 6.07 Å². The highest BCUT2D eigenvalue weighted by Crippen LogP contribution is 2.23. The second-order valence-corrected chi connectivity index (χ2v) is 4.86. The molecule has 0 aromatic carbocycles. The van der Waals surface area contributed by atoms with E-state index in [1.54, 1.807) is 7.11 Å². The van der Waals surface area contributed by atoms with Crippen LogP contribution in [-0.4, -0.2) is 42.4 Å². The predicted octanol–water partition coefficient (Wildman–Crippen LogP) is 1.21. The Hall–Kier alpha value is -1.40. The molecule has 19 heavy (non-hydrogen) atoms. The van der Waals surface area contributed by atoms with Gasteiger partial charge in [0.25, 0.3) is 0 Å². The van der Waals surface area contributed by atoms with Crippen LogP contribution in [0.1, 0.15) is 26.1 Å². The van der Waals surface area contributed by atoms with Crippen LogP contribution in [0.5, 0.6) is 0 Å². The molecule has 106 valence electrons. The molecule has 1 aliphatic heterocycles. The van der Waals surface area contributed by atoms with E-state index in [2.05, 4.69) is 28.7 Å². The minimum atomic E-state index is 0.199. The van der Waals surface area contributed by atoms with Crippen molar-refractivity contribution in [2.24, 2.45) is 0 Å². The van der Waals surface area contributed by atoms with Gasteiger partial charge in [0.05, 0.1) is 18.8 Å². The molecule has 1 saturated heterocycles. The van der Waals surface area contributed by atoms with Gasteiger partial charge in [-0.1, -0.05) is 6.92 Å².